The fraction of sp³-hybridized carbons (Fsp3) is 0.0500. The molecule has 25 heavy (non-hydrogen) atoms. The molecule has 4 nitrogen and oxygen atoms in total. The third-order valence-corrected chi connectivity index (χ3v) is 4.68. The van der Waals surface area contributed by atoms with Gasteiger partial charge in [-0.25, -0.2) is 0 Å². The van der Waals surface area contributed by atoms with E-state index in [1.807, 2.05) is 6.07 Å². The summed E-state index contributed by atoms with van der Waals surface area (Å²) < 4.78 is 0. The quantitative estimate of drug-likeness (QED) is 0.534. The number of hydrogen-bond acceptors (Lipinski definition) is 4. The van der Waals surface area contributed by atoms with Gasteiger partial charge in [-0.2, -0.15) is 26.7 Å². The number of aromatic nitrogens is 3. The average Bonchev–Trinajstić information content (AvgIpc) is 3.34. The fourth-order valence-electron chi connectivity index (χ4n) is 2.82. The first-order valence-corrected chi connectivity index (χ1v) is 8.86. The Bertz CT molecular complexity index is 1000. The van der Waals surface area contributed by atoms with Gasteiger partial charge in [0.2, 0.25) is 0 Å². The van der Waals surface area contributed by atoms with Gasteiger partial charge in [0, 0.05) is 12.6 Å². The van der Waals surface area contributed by atoms with Crippen molar-refractivity contribution >= 4 is 17.6 Å². The number of nitrogens with zero attached hydrogens (tertiary/aromatic N) is 3. The maximum absolute atomic E-state index is 4.34. The molecule has 0 fully saturated rings. The molecule has 4 rings (SSSR count). The summed E-state index contributed by atoms with van der Waals surface area (Å²) >= 11 is 1.70. The van der Waals surface area contributed by atoms with Crippen molar-refractivity contribution < 1.29 is 0 Å². The summed E-state index contributed by atoms with van der Waals surface area (Å²) in [6.07, 6.45) is 1.72. The number of thiophene rings is 1. The summed E-state index contributed by atoms with van der Waals surface area (Å²) in [5.41, 5.74) is 7.27. The van der Waals surface area contributed by atoms with Gasteiger partial charge in [0.15, 0.2) is 0 Å². The highest BCUT2D eigenvalue weighted by Crippen LogP contribution is 2.33. The Morgan fingerprint density at radius 2 is 1.64 bits per heavy atom. The predicted octanol–water partition coefficient (Wildman–Crippen LogP) is 4.92. The summed E-state index contributed by atoms with van der Waals surface area (Å²) in [5.74, 6) is 0. The molecule has 4 aromatic rings. The molecule has 0 unspecified atom stereocenters. The van der Waals surface area contributed by atoms with Gasteiger partial charge >= 0.3 is 0 Å². The van der Waals surface area contributed by atoms with Crippen LogP contribution in [0.3, 0.4) is 0 Å². The van der Waals surface area contributed by atoms with Gasteiger partial charge in [-0.1, -0.05) is 30.3 Å². The lowest BCUT2D eigenvalue weighted by atomic mass is 9.96. The molecule has 2 aromatic heterocycles. The summed E-state index contributed by atoms with van der Waals surface area (Å²) in [7, 11) is 1.73. The van der Waals surface area contributed by atoms with Crippen LogP contribution in [0.2, 0.25) is 0 Å². The molecule has 0 aliphatic rings. The predicted molar refractivity (Wildman–Crippen MR) is 104 cm³/mol. The Morgan fingerprint density at radius 1 is 0.880 bits per heavy atom. The molecule has 0 bridgehead atoms. The van der Waals surface area contributed by atoms with Crippen molar-refractivity contribution in [3.05, 3.63) is 71.1 Å². The number of aromatic amines is 1. The van der Waals surface area contributed by atoms with Crippen LogP contribution in [0.4, 0.5) is 0 Å². The Morgan fingerprint density at radius 3 is 2.36 bits per heavy atom. The zero-order valence-electron chi connectivity index (χ0n) is 13.7. The minimum Gasteiger partial charge on any atom is -0.294 e. The van der Waals surface area contributed by atoms with Gasteiger partial charge in [-0.05, 0) is 57.3 Å². The van der Waals surface area contributed by atoms with Crippen molar-refractivity contribution in [3.63, 3.8) is 0 Å². The van der Waals surface area contributed by atoms with Crippen molar-refractivity contribution in [2.75, 3.05) is 7.05 Å². The van der Waals surface area contributed by atoms with E-state index in [0.717, 1.165) is 22.5 Å². The van der Waals surface area contributed by atoms with Crippen LogP contribution in [-0.4, -0.2) is 28.7 Å². The Kier molecular flexibility index (Phi) is 4.23. The van der Waals surface area contributed by atoms with Crippen molar-refractivity contribution in [2.45, 2.75) is 0 Å². The largest absolute Gasteiger partial charge is 0.294 e. The molecule has 0 radical (unpaired) electrons. The molecule has 0 saturated heterocycles. The smallest absolute Gasteiger partial charge is 0.131 e. The molecule has 122 valence electrons. The Hall–Kier alpha value is -3.05. The highest BCUT2D eigenvalue weighted by Gasteiger charge is 2.12. The van der Waals surface area contributed by atoms with Gasteiger partial charge in [0.25, 0.3) is 0 Å². The van der Waals surface area contributed by atoms with Gasteiger partial charge in [-0.15, -0.1) is 0 Å². The van der Waals surface area contributed by atoms with Gasteiger partial charge in [-0.3, -0.25) is 4.99 Å². The normalized spacial score (nSPS) is 11.2. The maximum Gasteiger partial charge on any atom is 0.131 e. The van der Waals surface area contributed by atoms with Crippen molar-refractivity contribution in [2.24, 2.45) is 4.99 Å². The molecule has 2 aromatic carbocycles. The van der Waals surface area contributed by atoms with Crippen LogP contribution in [0.1, 0.15) is 5.69 Å². The first kappa shape index (κ1) is 15.5. The van der Waals surface area contributed by atoms with Gasteiger partial charge in [0.1, 0.15) is 11.4 Å². The second kappa shape index (κ2) is 6.83. The molecule has 0 spiro atoms. The summed E-state index contributed by atoms with van der Waals surface area (Å²) in [6.45, 7) is 0. The van der Waals surface area contributed by atoms with Crippen LogP contribution in [-0.2, 0) is 0 Å². The number of aliphatic imine (C=N–C) groups is 1. The molecular formula is C20H16N4S. The van der Waals surface area contributed by atoms with Crippen LogP contribution < -0.4 is 0 Å². The first-order valence-electron chi connectivity index (χ1n) is 7.91. The molecule has 5 heteroatoms. The highest BCUT2D eigenvalue weighted by molar-refractivity contribution is 7.08. The van der Waals surface area contributed by atoms with E-state index in [2.05, 4.69) is 79.7 Å². The third kappa shape index (κ3) is 3.14. The van der Waals surface area contributed by atoms with Crippen LogP contribution in [0.15, 0.2) is 70.3 Å². The highest BCUT2D eigenvalue weighted by atomic mass is 32.1. The zero-order valence-corrected chi connectivity index (χ0v) is 14.5. The van der Waals surface area contributed by atoms with Crippen molar-refractivity contribution in [1.29, 1.82) is 0 Å². The van der Waals surface area contributed by atoms with Gasteiger partial charge in [0.05, 0.1) is 6.21 Å². The Balaban J connectivity index is 1.92. The van der Waals surface area contributed by atoms with Crippen LogP contribution in [0.5, 0.6) is 0 Å². The van der Waals surface area contributed by atoms with E-state index in [1.54, 1.807) is 24.6 Å². The lowest BCUT2D eigenvalue weighted by Gasteiger charge is -2.09. The molecular weight excluding hydrogens is 328 g/mol. The number of hydrogen-bond donors (Lipinski definition) is 1. The molecule has 0 saturated carbocycles. The molecule has 1 N–H and O–H groups in total. The van der Waals surface area contributed by atoms with E-state index in [1.165, 1.54) is 16.7 Å². The van der Waals surface area contributed by atoms with E-state index in [-0.39, 0.29) is 0 Å². The lowest BCUT2D eigenvalue weighted by Crippen LogP contribution is -1.89. The van der Waals surface area contributed by atoms with Crippen LogP contribution in [0, 0.1) is 0 Å². The van der Waals surface area contributed by atoms with Crippen molar-refractivity contribution in [3.8, 4) is 33.5 Å². The zero-order chi connectivity index (χ0) is 17.1. The standard InChI is InChI=1S/C20H16N4S/c1-21-12-19-20(23-24-22-19)18-10-16(14-5-3-2-4-6-14)9-17(11-18)15-7-8-25-13-15/h2-13H,1H3,(H,22,23,24). The van der Waals surface area contributed by atoms with Crippen LogP contribution >= 0.6 is 11.3 Å². The van der Waals surface area contributed by atoms with Crippen molar-refractivity contribution in [1.82, 2.24) is 15.4 Å². The molecule has 2 heterocycles. The topological polar surface area (TPSA) is 53.9 Å². The average molecular weight is 344 g/mol. The molecule has 0 amide bonds. The fourth-order valence-corrected chi connectivity index (χ4v) is 3.49. The first-order chi connectivity index (χ1) is 12.3. The van der Waals surface area contributed by atoms with Crippen LogP contribution in [0.25, 0.3) is 33.5 Å². The number of H-pyrrole nitrogens is 1. The van der Waals surface area contributed by atoms with E-state index in [4.69, 9.17) is 0 Å². The molecule has 0 aliphatic carbocycles. The van der Waals surface area contributed by atoms with E-state index < -0.39 is 0 Å². The Labute approximate surface area is 149 Å². The monoisotopic (exact) mass is 344 g/mol. The maximum atomic E-state index is 4.34. The van der Waals surface area contributed by atoms with E-state index in [0.29, 0.717) is 0 Å². The number of benzene rings is 2. The summed E-state index contributed by atoms with van der Waals surface area (Å²) in [5, 5.41) is 15.5. The minimum atomic E-state index is 0.740. The SMILES string of the molecule is CN=Cc1n[nH]nc1-c1cc(-c2ccccc2)cc(-c2ccsc2)c1. The second-order valence-corrected chi connectivity index (χ2v) is 6.40. The molecule has 0 aliphatic heterocycles. The summed E-state index contributed by atoms with van der Waals surface area (Å²) in [4.78, 5) is 4.07. The van der Waals surface area contributed by atoms with Gasteiger partial charge < -0.3 is 0 Å². The summed E-state index contributed by atoms with van der Waals surface area (Å²) in [6, 6.07) is 19.0. The second-order valence-electron chi connectivity index (χ2n) is 5.62. The number of nitrogens with one attached hydrogen (secondary N) is 1. The third-order valence-electron chi connectivity index (χ3n) is 3.99. The number of rotatable bonds is 4. The van der Waals surface area contributed by atoms with E-state index >= 15 is 0 Å². The molecule has 0 atom stereocenters. The lowest BCUT2D eigenvalue weighted by molar-refractivity contribution is 0.940. The minimum absolute atomic E-state index is 0.740. The van der Waals surface area contributed by atoms with E-state index in [9.17, 15) is 0 Å².